The molecule has 0 radical (unpaired) electrons. The van der Waals surface area contributed by atoms with Crippen LogP contribution in [0.25, 0.3) is 0 Å². The molecular weight excluding hydrogens is 388 g/mol. The normalized spacial score (nSPS) is 11.9. The van der Waals surface area contributed by atoms with Crippen molar-refractivity contribution in [1.82, 2.24) is 25.1 Å². The molecule has 1 aliphatic carbocycles. The zero-order valence-electron chi connectivity index (χ0n) is 16.5. The quantitative estimate of drug-likeness (QED) is 0.590. The molecule has 1 aliphatic rings. The van der Waals surface area contributed by atoms with Gasteiger partial charge in [0.25, 0.3) is 0 Å². The Balaban J connectivity index is 0.000000252. The Morgan fingerprint density at radius 1 is 1.24 bits per heavy atom. The molecule has 0 unspecified atom stereocenters. The summed E-state index contributed by atoms with van der Waals surface area (Å²) in [6.45, 7) is 3.31. The average Bonchev–Trinajstić information content (AvgIpc) is 3.53. The minimum atomic E-state index is 0.616. The Morgan fingerprint density at radius 3 is 2.66 bits per heavy atom. The van der Waals surface area contributed by atoms with Crippen LogP contribution in [0.3, 0.4) is 0 Å². The Hall–Kier alpha value is -3.25. The van der Waals surface area contributed by atoms with Gasteiger partial charge in [-0.25, -0.2) is 9.97 Å². The zero-order valence-corrected chi connectivity index (χ0v) is 17.3. The van der Waals surface area contributed by atoms with Gasteiger partial charge in [-0.1, -0.05) is 11.3 Å². The van der Waals surface area contributed by atoms with Crippen molar-refractivity contribution in [3.8, 4) is 24.5 Å². The molecule has 4 rings (SSSR count). The lowest BCUT2D eigenvalue weighted by Gasteiger charge is -2.06. The second-order valence-electron chi connectivity index (χ2n) is 5.96. The summed E-state index contributed by atoms with van der Waals surface area (Å²) < 4.78 is 10.5. The van der Waals surface area contributed by atoms with E-state index in [0.29, 0.717) is 12.4 Å². The van der Waals surface area contributed by atoms with E-state index < -0.39 is 0 Å². The summed E-state index contributed by atoms with van der Waals surface area (Å²) in [5.74, 6) is 2.88. The molecule has 152 valence electrons. The molecular formula is C20H24N6O2S. The Morgan fingerprint density at radius 2 is 2.07 bits per heavy atom. The molecule has 3 aromatic heterocycles. The fourth-order valence-corrected chi connectivity index (χ4v) is 2.69. The van der Waals surface area contributed by atoms with Crippen LogP contribution in [0.5, 0.6) is 11.6 Å². The molecule has 0 amide bonds. The van der Waals surface area contributed by atoms with Crippen molar-refractivity contribution in [3.63, 3.8) is 0 Å². The maximum atomic E-state index is 5.61. The molecule has 3 heterocycles. The van der Waals surface area contributed by atoms with Crippen LogP contribution in [-0.2, 0) is 6.54 Å². The lowest BCUT2D eigenvalue weighted by atomic mass is 10.4. The molecule has 0 saturated heterocycles. The summed E-state index contributed by atoms with van der Waals surface area (Å²) in [6.07, 6.45) is 15.4. The predicted molar refractivity (Wildman–Crippen MR) is 113 cm³/mol. The monoisotopic (exact) mass is 412 g/mol. The number of hydrogen-bond acceptors (Lipinski definition) is 9. The minimum Gasteiger partial charge on any atom is -0.495 e. The molecule has 0 aromatic carbocycles. The minimum absolute atomic E-state index is 0.616. The van der Waals surface area contributed by atoms with Crippen molar-refractivity contribution in [2.24, 2.45) is 5.92 Å². The van der Waals surface area contributed by atoms with Crippen molar-refractivity contribution in [3.05, 3.63) is 46.9 Å². The maximum Gasteiger partial charge on any atom is 0.218 e. The molecule has 9 heteroatoms. The molecule has 0 spiro atoms. The van der Waals surface area contributed by atoms with Gasteiger partial charge in [0.05, 0.1) is 26.5 Å². The molecule has 1 N–H and O–H groups in total. The number of methoxy groups -OCH3 is 1. The van der Waals surface area contributed by atoms with E-state index in [4.69, 9.17) is 9.47 Å². The highest BCUT2D eigenvalue weighted by Crippen LogP contribution is 2.29. The Bertz CT molecular complexity index is 867. The number of aromatic nitrogens is 5. The maximum absolute atomic E-state index is 5.61. The summed E-state index contributed by atoms with van der Waals surface area (Å²) in [6, 6.07) is 5.50. The van der Waals surface area contributed by atoms with Crippen molar-refractivity contribution in [2.75, 3.05) is 19.0 Å². The highest BCUT2D eigenvalue weighted by molar-refractivity contribution is 7.11. The van der Waals surface area contributed by atoms with Crippen LogP contribution in [0.2, 0.25) is 0 Å². The summed E-state index contributed by atoms with van der Waals surface area (Å²) in [5, 5.41) is 13.1. The van der Waals surface area contributed by atoms with E-state index in [1.54, 1.807) is 30.8 Å². The van der Waals surface area contributed by atoms with E-state index in [2.05, 4.69) is 43.3 Å². The highest BCUT2D eigenvalue weighted by Gasteiger charge is 2.22. The van der Waals surface area contributed by atoms with Gasteiger partial charge in [-0.3, -0.25) is 4.98 Å². The largest absolute Gasteiger partial charge is 0.495 e. The Labute approximate surface area is 174 Å². The van der Waals surface area contributed by atoms with Gasteiger partial charge in [0.15, 0.2) is 0 Å². The number of hydrogen-bond donors (Lipinski definition) is 1. The lowest BCUT2D eigenvalue weighted by Crippen LogP contribution is -2.04. The van der Waals surface area contributed by atoms with Gasteiger partial charge >= 0.3 is 0 Å². The first-order valence-corrected chi connectivity index (χ1v) is 9.79. The van der Waals surface area contributed by atoms with Crippen LogP contribution < -0.4 is 14.8 Å². The number of terminal acetylenes is 1. The van der Waals surface area contributed by atoms with Crippen molar-refractivity contribution < 1.29 is 9.47 Å². The standard InChI is InChI=1S/C12H15N5OS.C6H7NO.C2H2/c1-8-16-17-12(19-8)5-13-10-4-11(15-7-14-10)18-6-9-2-3-9;1-8-6-3-2-4-7-5-6;1-2/h4,7,9H,2-3,5-6H2,1H3,(H,13,14,15);2-5H,1H3;1-2H. The third-order valence-electron chi connectivity index (χ3n) is 3.66. The van der Waals surface area contributed by atoms with Gasteiger partial charge in [0, 0.05) is 12.3 Å². The third-order valence-corrected chi connectivity index (χ3v) is 4.50. The highest BCUT2D eigenvalue weighted by atomic mass is 32.1. The molecule has 0 atom stereocenters. The topological polar surface area (TPSA) is 94.9 Å². The zero-order chi connectivity index (χ0) is 20.9. The molecule has 1 fully saturated rings. The number of nitrogens with zero attached hydrogens (tertiary/aromatic N) is 5. The molecule has 8 nitrogen and oxygen atoms in total. The van der Waals surface area contributed by atoms with Crippen LogP contribution in [0.1, 0.15) is 22.9 Å². The fraction of sp³-hybridized carbons (Fsp3) is 0.350. The van der Waals surface area contributed by atoms with Crippen molar-refractivity contribution in [2.45, 2.75) is 26.3 Å². The predicted octanol–water partition coefficient (Wildman–Crippen LogP) is 3.38. The number of anilines is 1. The summed E-state index contributed by atoms with van der Waals surface area (Å²) in [7, 11) is 1.62. The van der Waals surface area contributed by atoms with E-state index in [-0.39, 0.29) is 0 Å². The number of ether oxygens (including phenoxy) is 2. The number of pyridine rings is 1. The summed E-state index contributed by atoms with van der Waals surface area (Å²) in [4.78, 5) is 12.1. The van der Waals surface area contributed by atoms with E-state index in [0.717, 1.165) is 34.1 Å². The first-order valence-electron chi connectivity index (χ1n) is 8.98. The van der Waals surface area contributed by atoms with Gasteiger partial charge in [-0.05, 0) is 37.8 Å². The molecule has 29 heavy (non-hydrogen) atoms. The van der Waals surface area contributed by atoms with Crippen LogP contribution in [-0.4, -0.2) is 38.9 Å². The van der Waals surface area contributed by atoms with Gasteiger partial charge in [0.1, 0.15) is 27.9 Å². The third kappa shape index (κ3) is 8.53. The van der Waals surface area contributed by atoms with Crippen LogP contribution in [0.4, 0.5) is 5.82 Å². The van der Waals surface area contributed by atoms with Gasteiger partial charge in [-0.2, -0.15) is 0 Å². The van der Waals surface area contributed by atoms with Crippen molar-refractivity contribution in [1.29, 1.82) is 0 Å². The van der Waals surface area contributed by atoms with Gasteiger partial charge in [0.2, 0.25) is 5.88 Å². The van der Waals surface area contributed by atoms with Crippen LogP contribution in [0, 0.1) is 25.7 Å². The number of nitrogens with one attached hydrogen (secondary N) is 1. The van der Waals surface area contributed by atoms with Crippen molar-refractivity contribution >= 4 is 17.2 Å². The second kappa shape index (κ2) is 12.3. The first-order chi connectivity index (χ1) is 14.2. The molecule has 3 aromatic rings. The molecule has 1 saturated carbocycles. The molecule has 0 bridgehead atoms. The lowest BCUT2D eigenvalue weighted by molar-refractivity contribution is 0.288. The van der Waals surface area contributed by atoms with E-state index >= 15 is 0 Å². The summed E-state index contributed by atoms with van der Waals surface area (Å²) in [5.41, 5.74) is 0. The van der Waals surface area contributed by atoms with Crippen LogP contribution in [0.15, 0.2) is 36.9 Å². The van der Waals surface area contributed by atoms with E-state index in [9.17, 15) is 0 Å². The second-order valence-corrected chi connectivity index (χ2v) is 7.22. The SMILES string of the molecule is C#C.COc1cccnc1.Cc1nnc(CNc2cc(OCC3CC3)ncn2)s1. The van der Waals surface area contributed by atoms with E-state index in [1.807, 2.05) is 25.1 Å². The number of aryl methyl sites for hydroxylation is 1. The van der Waals surface area contributed by atoms with Crippen LogP contribution >= 0.6 is 11.3 Å². The summed E-state index contributed by atoms with van der Waals surface area (Å²) >= 11 is 1.57. The van der Waals surface area contributed by atoms with E-state index in [1.165, 1.54) is 19.2 Å². The van der Waals surface area contributed by atoms with Gasteiger partial charge < -0.3 is 14.8 Å². The first kappa shape index (κ1) is 22.0. The number of rotatable bonds is 7. The molecule has 0 aliphatic heterocycles. The smallest absolute Gasteiger partial charge is 0.218 e. The average molecular weight is 413 g/mol. The fourth-order valence-electron chi connectivity index (χ4n) is 2.05. The van der Waals surface area contributed by atoms with Gasteiger partial charge in [-0.15, -0.1) is 23.0 Å². The Kier molecular flexibility index (Phi) is 9.32.